The summed E-state index contributed by atoms with van der Waals surface area (Å²) in [4.78, 5) is 2.42. The standard InChI is InChI=1S/C56H31NO2S/c1-3-15-47-43(11-1)56-46(14-7-16-48(56)58-47)57(36-23-29-52-44(31-36)39-10-2-4-17-51(39)60-52)45-27-28-49-55-40(12-6-13-42(45)55)38-25-22-35(30-50(38)59-49)37-24-20-34-19-18-32-8-5-9-33-21-26-41(37)54(34)53(32)33/h1-31H. The lowest BCUT2D eigenvalue weighted by Gasteiger charge is -2.30. The topological polar surface area (TPSA) is 25.6 Å². The quantitative estimate of drug-likeness (QED) is 0.166. The van der Waals surface area contributed by atoms with Gasteiger partial charge in [-0.25, -0.2) is 0 Å². The first-order valence-electron chi connectivity index (χ1n) is 20.4. The third-order valence-corrected chi connectivity index (χ3v) is 13.9. The second kappa shape index (κ2) is 12.0. The largest absolute Gasteiger partial charge is 0.456 e. The average Bonchev–Trinajstić information content (AvgIpc) is 3.87. The van der Waals surface area contributed by atoms with Crippen LogP contribution in [0.25, 0.3) is 107 Å². The van der Waals surface area contributed by atoms with Gasteiger partial charge in [0, 0.05) is 47.6 Å². The second-order valence-corrected chi connectivity index (χ2v) is 17.0. The van der Waals surface area contributed by atoms with E-state index in [0.29, 0.717) is 0 Å². The molecule has 0 fully saturated rings. The summed E-state index contributed by atoms with van der Waals surface area (Å²) >= 11 is 1.84. The SMILES string of the molecule is c1cc2ccc3ccc(-c4ccc5c(c4)Oc4ccc(N(c6ccc7sc8ccccc8c7c6)c6cccc7oc8ccccc8c67)c6cccc-5c46)c4ccc(c1)c2c34. The van der Waals surface area contributed by atoms with Crippen LogP contribution in [0.1, 0.15) is 0 Å². The Labute approximate surface area is 347 Å². The highest BCUT2D eigenvalue weighted by atomic mass is 32.1. The van der Waals surface area contributed by atoms with E-state index in [-0.39, 0.29) is 0 Å². The van der Waals surface area contributed by atoms with E-state index in [1.54, 1.807) is 0 Å². The maximum Gasteiger partial charge on any atom is 0.137 e. The summed E-state index contributed by atoms with van der Waals surface area (Å²) in [5.41, 5.74) is 9.56. The molecule has 0 saturated carbocycles. The van der Waals surface area contributed by atoms with Crippen molar-refractivity contribution >= 4 is 114 Å². The van der Waals surface area contributed by atoms with E-state index in [9.17, 15) is 0 Å². The number of hydrogen-bond acceptors (Lipinski definition) is 4. The zero-order valence-electron chi connectivity index (χ0n) is 32.1. The van der Waals surface area contributed by atoms with E-state index in [2.05, 4.69) is 187 Å². The lowest BCUT2D eigenvalue weighted by molar-refractivity contribution is 0.487. The van der Waals surface area contributed by atoms with E-state index in [1.807, 2.05) is 17.4 Å². The number of fused-ring (bicyclic) bond motifs is 8. The van der Waals surface area contributed by atoms with Crippen molar-refractivity contribution in [2.24, 2.45) is 0 Å². The number of furan rings is 1. The monoisotopic (exact) mass is 781 g/mol. The number of para-hydroxylation sites is 1. The molecule has 4 heteroatoms. The van der Waals surface area contributed by atoms with Gasteiger partial charge in [-0.3, -0.25) is 0 Å². The summed E-state index contributed by atoms with van der Waals surface area (Å²) in [6.07, 6.45) is 0. The summed E-state index contributed by atoms with van der Waals surface area (Å²) in [6, 6.07) is 68.3. The predicted molar refractivity (Wildman–Crippen MR) is 253 cm³/mol. The third-order valence-electron chi connectivity index (χ3n) is 12.8. The average molecular weight is 782 g/mol. The van der Waals surface area contributed by atoms with Crippen molar-refractivity contribution in [2.75, 3.05) is 4.90 Å². The van der Waals surface area contributed by atoms with Crippen LogP contribution < -0.4 is 9.64 Å². The van der Waals surface area contributed by atoms with Crippen molar-refractivity contribution in [1.82, 2.24) is 0 Å². The van der Waals surface area contributed by atoms with Crippen LogP contribution in [0.2, 0.25) is 0 Å². The van der Waals surface area contributed by atoms with Crippen LogP contribution in [-0.4, -0.2) is 0 Å². The van der Waals surface area contributed by atoms with Crippen LogP contribution in [0.4, 0.5) is 17.1 Å². The Morgan fingerprint density at radius 1 is 0.367 bits per heavy atom. The van der Waals surface area contributed by atoms with E-state index in [0.717, 1.165) is 72.4 Å². The molecule has 0 spiro atoms. The number of anilines is 3. The number of hydrogen-bond donors (Lipinski definition) is 0. The molecule has 1 aliphatic rings. The highest BCUT2D eigenvalue weighted by molar-refractivity contribution is 7.25. The van der Waals surface area contributed by atoms with Crippen molar-refractivity contribution in [3.63, 3.8) is 0 Å². The summed E-state index contributed by atoms with van der Waals surface area (Å²) in [5.74, 6) is 1.72. The molecule has 0 bridgehead atoms. The Morgan fingerprint density at radius 2 is 1.10 bits per heavy atom. The molecule has 0 unspecified atom stereocenters. The van der Waals surface area contributed by atoms with Crippen LogP contribution in [0.3, 0.4) is 0 Å². The maximum absolute atomic E-state index is 6.96. The van der Waals surface area contributed by atoms with Gasteiger partial charge in [0.2, 0.25) is 0 Å². The lowest BCUT2D eigenvalue weighted by Crippen LogP contribution is -2.11. The minimum absolute atomic E-state index is 0.857. The summed E-state index contributed by atoms with van der Waals surface area (Å²) in [5, 5.41) is 14.6. The molecular weight excluding hydrogens is 751 g/mol. The van der Waals surface area contributed by atoms with Gasteiger partial charge in [0.25, 0.3) is 0 Å². The molecule has 2 aromatic heterocycles. The van der Waals surface area contributed by atoms with Crippen LogP contribution in [-0.2, 0) is 0 Å². The molecule has 0 aliphatic carbocycles. The molecule has 3 nitrogen and oxygen atoms in total. The first-order valence-corrected chi connectivity index (χ1v) is 21.2. The summed E-state index contributed by atoms with van der Waals surface area (Å²) in [7, 11) is 0. The van der Waals surface area contributed by atoms with E-state index < -0.39 is 0 Å². The number of rotatable bonds is 4. The molecule has 11 aromatic carbocycles. The first kappa shape index (κ1) is 32.3. The fourth-order valence-corrected chi connectivity index (χ4v) is 11.3. The van der Waals surface area contributed by atoms with Gasteiger partial charge in [0.15, 0.2) is 0 Å². The van der Waals surface area contributed by atoms with E-state index >= 15 is 0 Å². The number of benzene rings is 11. The molecule has 0 amide bonds. The molecule has 0 atom stereocenters. The highest BCUT2D eigenvalue weighted by Gasteiger charge is 2.27. The molecule has 60 heavy (non-hydrogen) atoms. The van der Waals surface area contributed by atoms with Gasteiger partial charge in [-0.05, 0) is 116 Å². The molecule has 0 N–H and O–H groups in total. The maximum atomic E-state index is 6.96. The predicted octanol–water partition coefficient (Wildman–Crippen LogP) is 16.9. The Hall–Kier alpha value is -7.66. The fourth-order valence-electron chi connectivity index (χ4n) is 10.2. The first-order chi connectivity index (χ1) is 29.7. The molecule has 3 heterocycles. The molecule has 1 aliphatic heterocycles. The van der Waals surface area contributed by atoms with Gasteiger partial charge in [0.05, 0.1) is 16.8 Å². The number of thiophene rings is 1. The van der Waals surface area contributed by atoms with Crippen LogP contribution in [0, 0.1) is 0 Å². The van der Waals surface area contributed by atoms with Gasteiger partial charge in [-0.15, -0.1) is 11.3 Å². The van der Waals surface area contributed by atoms with Crippen molar-refractivity contribution in [3.8, 4) is 33.8 Å². The molecule has 0 saturated heterocycles. The minimum Gasteiger partial charge on any atom is -0.456 e. The Kier molecular flexibility index (Phi) is 6.44. The number of ether oxygens (including phenoxy) is 1. The van der Waals surface area contributed by atoms with Gasteiger partial charge >= 0.3 is 0 Å². The Morgan fingerprint density at radius 3 is 2.03 bits per heavy atom. The van der Waals surface area contributed by atoms with Crippen molar-refractivity contribution < 1.29 is 9.15 Å². The fraction of sp³-hybridized carbons (Fsp3) is 0. The highest BCUT2D eigenvalue weighted by Crippen LogP contribution is 2.53. The van der Waals surface area contributed by atoms with Crippen LogP contribution in [0.5, 0.6) is 11.5 Å². The molecule has 278 valence electrons. The van der Waals surface area contributed by atoms with Crippen molar-refractivity contribution in [1.29, 1.82) is 0 Å². The van der Waals surface area contributed by atoms with E-state index in [4.69, 9.17) is 9.15 Å². The summed E-state index contributed by atoms with van der Waals surface area (Å²) in [6.45, 7) is 0. The lowest BCUT2D eigenvalue weighted by atomic mass is 9.88. The zero-order valence-corrected chi connectivity index (χ0v) is 32.9. The smallest absolute Gasteiger partial charge is 0.137 e. The second-order valence-electron chi connectivity index (χ2n) is 16.0. The third kappa shape index (κ3) is 4.43. The minimum atomic E-state index is 0.857. The van der Waals surface area contributed by atoms with Crippen LogP contribution in [0.15, 0.2) is 192 Å². The normalized spacial score (nSPS) is 12.5. The van der Waals surface area contributed by atoms with Crippen molar-refractivity contribution in [3.05, 3.63) is 188 Å². The summed E-state index contributed by atoms with van der Waals surface area (Å²) < 4.78 is 16.0. The Bertz CT molecular complexity index is 3930. The molecule has 14 rings (SSSR count). The van der Waals surface area contributed by atoms with Gasteiger partial charge in [-0.1, -0.05) is 121 Å². The molecule has 0 radical (unpaired) electrons. The molecule has 13 aromatic rings. The van der Waals surface area contributed by atoms with Crippen molar-refractivity contribution in [2.45, 2.75) is 0 Å². The van der Waals surface area contributed by atoms with Gasteiger partial charge in [0.1, 0.15) is 22.7 Å². The number of nitrogens with zero attached hydrogens (tertiary/aromatic N) is 1. The molecular formula is C56H31NO2S. The zero-order chi connectivity index (χ0) is 39.1. The van der Waals surface area contributed by atoms with Gasteiger partial charge < -0.3 is 14.1 Å². The van der Waals surface area contributed by atoms with Crippen LogP contribution >= 0.6 is 11.3 Å². The Balaban J connectivity index is 0.973. The van der Waals surface area contributed by atoms with E-state index in [1.165, 1.54) is 63.6 Å². The van der Waals surface area contributed by atoms with Gasteiger partial charge in [-0.2, -0.15) is 0 Å².